The summed E-state index contributed by atoms with van der Waals surface area (Å²) in [7, 11) is 1.73. The van der Waals surface area contributed by atoms with Crippen molar-refractivity contribution in [1.82, 2.24) is 15.1 Å². The molecule has 2 aromatic rings. The number of aromatic nitrogens is 2. The van der Waals surface area contributed by atoms with Gasteiger partial charge in [0.2, 0.25) is 0 Å². The molecule has 7 nitrogen and oxygen atoms in total. The highest BCUT2D eigenvalue weighted by molar-refractivity contribution is 5.95. The molecular formula is C17H21FN4O3. The SMILES string of the molecule is Cn1nccc1C(CO)NC(=O)c1cc(F)cc(N2CCOCC2)c1. The Hall–Kier alpha value is -2.45. The van der Waals surface area contributed by atoms with Crippen molar-refractivity contribution in [3.63, 3.8) is 0 Å². The third kappa shape index (κ3) is 3.97. The third-order valence-corrected chi connectivity index (χ3v) is 4.22. The van der Waals surface area contributed by atoms with Crippen LogP contribution in [0.25, 0.3) is 0 Å². The molecule has 1 fully saturated rings. The Labute approximate surface area is 145 Å². The van der Waals surface area contributed by atoms with Crippen molar-refractivity contribution in [2.45, 2.75) is 6.04 Å². The van der Waals surface area contributed by atoms with Crippen molar-refractivity contribution >= 4 is 11.6 Å². The fraction of sp³-hybridized carbons (Fsp3) is 0.412. The minimum atomic E-state index is -0.616. The molecule has 1 aliphatic rings. The first-order valence-corrected chi connectivity index (χ1v) is 8.11. The quantitative estimate of drug-likeness (QED) is 0.838. The van der Waals surface area contributed by atoms with Crippen LogP contribution in [0.2, 0.25) is 0 Å². The van der Waals surface area contributed by atoms with Gasteiger partial charge in [-0.05, 0) is 24.3 Å². The number of halogens is 1. The maximum Gasteiger partial charge on any atom is 0.252 e. The molecule has 0 bridgehead atoms. The summed E-state index contributed by atoms with van der Waals surface area (Å²) in [6.45, 7) is 2.17. The Morgan fingerprint density at radius 1 is 1.40 bits per heavy atom. The van der Waals surface area contributed by atoms with E-state index < -0.39 is 17.8 Å². The van der Waals surface area contributed by atoms with E-state index in [4.69, 9.17) is 4.74 Å². The lowest BCUT2D eigenvalue weighted by Gasteiger charge is -2.29. The zero-order chi connectivity index (χ0) is 17.8. The maximum absolute atomic E-state index is 14.0. The van der Waals surface area contributed by atoms with Gasteiger partial charge < -0.3 is 20.1 Å². The summed E-state index contributed by atoms with van der Waals surface area (Å²) in [6.07, 6.45) is 1.59. The summed E-state index contributed by atoms with van der Waals surface area (Å²) in [5.41, 5.74) is 1.53. The number of amides is 1. The Morgan fingerprint density at radius 3 is 2.80 bits per heavy atom. The molecule has 1 saturated heterocycles. The molecule has 1 aromatic heterocycles. The van der Waals surface area contributed by atoms with Crippen LogP contribution in [0.15, 0.2) is 30.5 Å². The third-order valence-electron chi connectivity index (χ3n) is 4.22. The van der Waals surface area contributed by atoms with E-state index in [2.05, 4.69) is 10.4 Å². The van der Waals surface area contributed by atoms with Crippen LogP contribution in [0.1, 0.15) is 22.1 Å². The van der Waals surface area contributed by atoms with Crippen LogP contribution in [-0.2, 0) is 11.8 Å². The summed E-state index contributed by atoms with van der Waals surface area (Å²) in [5, 5.41) is 16.3. The Morgan fingerprint density at radius 2 is 2.16 bits per heavy atom. The van der Waals surface area contributed by atoms with Crippen LogP contribution in [0.3, 0.4) is 0 Å². The first-order valence-electron chi connectivity index (χ1n) is 8.11. The molecule has 134 valence electrons. The van der Waals surface area contributed by atoms with Gasteiger partial charge in [0, 0.05) is 37.6 Å². The average Bonchev–Trinajstić information content (AvgIpc) is 3.05. The normalized spacial score (nSPS) is 15.9. The number of morpholine rings is 1. The highest BCUT2D eigenvalue weighted by atomic mass is 19.1. The zero-order valence-electron chi connectivity index (χ0n) is 14.0. The van der Waals surface area contributed by atoms with Gasteiger partial charge in [0.25, 0.3) is 5.91 Å². The molecule has 25 heavy (non-hydrogen) atoms. The predicted molar refractivity (Wildman–Crippen MR) is 89.9 cm³/mol. The molecular weight excluding hydrogens is 327 g/mol. The first-order chi connectivity index (χ1) is 12.1. The van der Waals surface area contributed by atoms with Crippen LogP contribution < -0.4 is 10.2 Å². The fourth-order valence-corrected chi connectivity index (χ4v) is 2.89. The Kier molecular flexibility index (Phi) is 5.30. The lowest BCUT2D eigenvalue weighted by Crippen LogP contribution is -2.36. The number of hydrogen-bond donors (Lipinski definition) is 2. The smallest absolute Gasteiger partial charge is 0.252 e. The van der Waals surface area contributed by atoms with Crippen molar-refractivity contribution in [1.29, 1.82) is 0 Å². The highest BCUT2D eigenvalue weighted by Gasteiger charge is 2.20. The molecule has 0 aliphatic carbocycles. The Balaban J connectivity index is 1.79. The van der Waals surface area contributed by atoms with E-state index in [9.17, 15) is 14.3 Å². The molecule has 1 aliphatic heterocycles. The molecule has 1 aromatic carbocycles. The average molecular weight is 348 g/mol. The lowest BCUT2D eigenvalue weighted by atomic mass is 10.1. The standard InChI is InChI=1S/C17H21FN4O3/c1-21-16(2-3-19-21)15(11-23)20-17(24)12-8-13(18)10-14(9-12)22-4-6-25-7-5-22/h2-3,8-10,15,23H,4-7,11H2,1H3,(H,20,24). The number of carbonyl (C=O) groups excluding carboxylic acids is 1. The van der Waals surface area contributed by atoms with Crippen molar-refractivity contribution in [3.8, 4) is 0 Å². The van der Waals surface area contributed by atoms with E-state index in [1.807, 2.05) is 4.90 Å². The number of carbonyl (C=O) groups is 1. The minimum absolute atomic E-state index is 0.210. The van der Waals surface area contributed by atoms with Crippen molar-refractivity contribution in [3.05, 3.63) is 47.5 Å². The maximum atomic E-state index is 14.0. The van der Waals surface area contributed by atoms with E-state index in [-0.39, 0.29) is 12.2 Å². The van der Waals surface area contributed by atoms with Crippen molar-refractivity contribution in [2.24, 2.45) is 7.05 Å². The summed E-state index contributed by atoms with van der Waals surface area (Å²) in [5.74, 6) is -0.926. The molecule has 0 saturated carbocycles. The molecule has 2 heterocycles. The van der Waals surface area contributed by atoms with E-state index in [0.717, 1.165) is 0 Å². The number of rotatable bonds is 5. The second kappa shape index (κ2) is 7.62. The molecule has 1 amide bonds. The number of hydrogen-bond acceptors (Lipinski definition) is 5. The lowest BCUT2D eigenvalue weighted by molar-refractivity contribution is 0.0913. The largest absolute Gasteiger partial charge is 0.394 e. The topological polar surface area (TPSA) is 79.6 Å². The fourth-order valence-electron chi connectivity index (χ4n) is 2.89. The predicted octanol–water partition coefficient (Wildman–Crippen LogP) is 0.859. The van der Waals surface area contributed by atoms with Gasteiger partial charge in [0.05, 0.1) is 31.6 Å². The van der Waals surface area contributed by atoms with E-state index in [1.54, 1.807) is 30.1 Å². The number of ether oxygens (including phenoxy) is 1. The number of nitrogens with zero attached hydrogens (tertiary/aromatic N) is 3. The van der Waals surface area contributed by atoms with E-state index in [1.165, 1.54) is 12.1 Å². The summed E-state index contributed by atoms with van der Waals surface area (Å²) >= 11 is 0. The van der Waals surface area contributed by atoms with Gasteiger partial charge in [0.15, 0.2) is 0 Å². The zero-order valence-corrected chi connectivity index (χ0v) is 14.0. The minimum Gasteiger partial charge on any atom is -0.394 e. The molecule has 1 unspecified atom stereocenters. The molecule has 1 atom stereocenters. The number of aliphatic hydroxyl groups excluding tert-OH is 1. The summed E-state index contributed by atoms with van der Waals surface area (Å²) in [4.78, 5) is 14.5. The van der Waals surface area contributed by atoms with E-state index in [0.29, 0.717) is 37.7 Å². The second-order valence-electron chi connectivity index (χ2n) is 5.89. The highest BCUT2D eigenvalue weighted by Crippen LogP contribution is 2.21. The van der Waals surface area contributed by atoms with Crippen LogP contribution in [-0.4, -0.2) is 53.7 Å². The van der Waals surface area contributed by atoms with Crippen LogP contribution in [0.5, 0.6) is 0 Å². The molecule has 0 spiro atoms. The monoisotopic (exact) mass is 348 g/mol. The second-order valence-corrected chi connectivity index (χ2v) is 5.89. The van der Waals surface area contributed by atoms with Crippen LogP contribution in [0.4, 0.5) is 10.1 Å². The van der Waals surface area contributed by atoms with Crippen LogP contribution >= 0.6 is 0 Å². The van der Waals surface area contributed by atoms with Crippen molar-refractivity contribution < 1.29 is 19.0 Å². The van der Waals surface area contributed by atoms with Gasteiger partial charge in [-0.3, -0.25) is 9.48 Å². The number of aryl methyl sites for hydroxylation is 1. The number of anilines is 1. The molecule has 3 rings (SSSR count). The number of nitrogens with one attached hydrogen (secondary N) is 1. The first kappa shape index (κ1) is 17.4. The van der Waals surface area contributed by atoms with Gasteiger partial charge in [-0.15, -0.1) is 0 Å². The molecule has 0 radical (unpaired) electrons. The van der Waals surface area contributed by atoms with Gasteiger partial charge >= 0.3 is 0 Å². The van der Waals surface area contributed by atoms with E-state index >= 15 is 0 Å². The molecule has 8 heteroatoms. The summed E-state index contributed by atoms with van der Waals surface area (Å²) < 4.78 is 20.9. The van der Waals surface area contributed by atoms with Gasteiger partial charge in [-0.25, -0.2) is 4.39 Å². The van der Waals surface area contributed by atoms with Crippen LogP contribution in [0, 0.1) is 5.82 Å². The Bertz CT molecular complexity index is 743. The number of benzene rings is 1. The van der Waals surface area contributed by atoms with Crippen molar-refractivity contribution in [2.75, 3.05) is 37.8 Å². The summed E-state index contributed by atoms with van der Waals surface area (Å²) in [6, 6.07) is 5.35. The van der Waals surface area contributed by atoms with Gasteiger partial charge in [-0.2, -0.15) is 5.10 Å². The van der Waals surface area contributed by atoms with Gasteiger partial charge in [0.1, 0.15) is 5.82 Å². The molecule has 2 N–H and O–H groups in total. The number of aliphatic hydroxyl groups is 1. The van der Waals surface area contributed by atoms with Gasteiger partial charge in [-0.1, -0.05) is 0 Å².